The number of pyridine rings is 1. The maximum Gasteiger partial charge on any atom is 0.244 e. The fourth-order valence-corrected chi connectivity index (χ4v) is 5.12. The molecule has 5 heteroatoms. The van der Waals surface area contributed by atoms with Crippen LogP contribution in [0.4, 0.5) is 0 Å². The van der Waals surface area contributed by atoms with Gasteiger partial charge >= 0.3 is 0 Å². The number of hydrogen-bond acceptors (Lipinski definition) is 4. The summed E-state index contributed by atoms with van der Waals surface area (Å²) < 4.78 is 1.81. The third-order valence-electron chi connectivity index (χ3n) is 5.57. The van der Waals surface area contributed by atoms with Crippen molar-refractivity contribution in [2.75, 3.05) is 0 Å². The number of rotatable bonds is 3. The molecule has 0 N–H and O–H groups in total. The van der Waals surface area contributed by atoms with Gasteiger partial charge < -0.3 is 0 Å². The topological polar surface area (TPSA) is 58.7 Å². The number of aromatic nitrogens is 2. The van der Waals surface area contributed by atoms with Gasteiger partial charge in [-0.3, -0.25) is 9.36 Å². The molecule has 1 aliphatic carbocycles. The quantitative estimate of drug-likeness (QED) is 0.436. The zero-order valence-electron chi connectivity index (χ0n) is 16.1. The van der Waals surface area contributed by atoms with Crippen molar-refractivity contribution in [3.05, 3.63) is 71.4 Å². The average molecular weight is 398 g/mol. The van der Waals surface area contributed by atoms with E-state index in [-0.39, 0.29) is 11.2 Å². The van der Waals surface area contributed by atoms with Crippen LogP contribution >= 0.6 is 11.8 Å². The minimum Gasteiger partial charge on any atom is -0.279 e. The van der Waals surface area contributed by atoms with E-state index in [1.807, 2.05) is 54.0 Å². The molecule has 29 heavy (non-hydrogen) atoms. The van der Waals surface area contributed by atoms with Crippen LogP contribution in [0.15, 0.2) is 59.6 Å². The van der Waals surface area contributed by atoms with Crippen LogP contribution in [-0.4, -0.2) is 20.7 Å². The van der Waals surface area contributed by atoms with Gasteiger partial charge in [-0.1, -0.05) is 48.2 Å². The van der Waals surface area contributed by atoms with Crippen LogP contribution in [-0.2, 0) is 12.8 Å². The third kappa shape index (κ3) is 2.92. The van der Waals surface area contributed by atoms with E-state index in [1.165, 1.54) is 17.3 Å². The highest BCUT2D eigenvalue weighted by atomic mass is 32.2. The summed E-state index contributed by atoms with van der Waals surface area (Å²) in [6, 6.07) is 20.2. The number of para-hydroxylation sites is 2. The molecule has 0 radical (unpaired) electrons. The van der Waals surface area contributed by atoms with Crippen molar-refractivity contribution in [3.63, 3.8) is 0 Å². The molecule has 1 atom stereocenters. The maximum absolute atomic E-state index is 13.5. The van der Waals surface area contributed by atoms with Gasteiger partial charge in [-0.2, -0.15) is 5.26 Å². The second kappa shape index (κ2) is 7.06. The summed E-state index contributed by atoms with van der Waals surface area (Å²) in [7, 11) is 0. The number of hydrogen-bond donors (Lipinski definition) is 0. The average Bonchev–Trinajstić information content (AvgIpc) is 3.34. The highest BCUT2D eigenvalue weighted by Gasteiger charge is 2.24. The summed E-state index contributed by atoms with van der Waals surface area (Å²) in [4.78, 5) is 18.2. The van der Waals surface area contributed by atoms with Crippen molar-refractivity contribution in [3.8, 4) is 6.07 Å². The molecule has 0 saturated carbocycles. The molecule has 1 aliphatic rings. The molecule has 2 aromatic heterocycles. The molecule has 142 valence electrons. The van der Waals surface area contributed by atoms with Crippen LogP contribution in [0.25, 0.3) is 21.8 Å². The van der Waals surface area contributed by atoms with E-state index in [4.69, 9.17) is 4.98 Å². The highest BCUT2D eigenvalue weighted by Crippen LogP contribution is 2.33. The van der Waals surface area contributed by atoms with Crippen molar-refractivity contribution in [2.24, 2.45) is 0 Å². The molecule has 0 saturated heterocycles. The second-order valence-corrected chi connectivity index (χ2v) is 8.71. The molecule has 2 heterocycles. The highest BCUT2D eigenvalue weighted by molar-refractivity contribution is 8.00. The van der Waals surface area contributed by atoms with Gasteiger partial charge in [0.05, 0.1) is 21.8 Å². The molecule has 5 rings (SSSR count). The summed E-state index contributed by atoms with van der Waals surface area (Å²) in [5.41, 5.74) is 4.63. The Bertz CT molecular complexity index is 1260. The molecule has 1 unspecified atom stereocenters. The number of carbonyl (C=O) groups is 1. The van der Waals surface area contributed by atoms with E-state index in [1.54, 1.807) is 0 Å². The van der Waals surface area contributed by atoms with Gasteiger partial charge in [0, 0.05) is 16.5 Å². The first-order chi connectivity index (χ1) is 14.2. The minimum absolute atomic E-state index is 0.00131. The van der Waals surface area contributed by atoms with E-state index in [0.717, 1.165) is 46.8 Å². The zero-order valence-corrected chi connectivity index (χ0v) is 16.9. The van der Waals surface area contributed by atoms with Gasteiger partial charge in [-0.15, -0.1) is 0 Å². The molecule has 0 fully saturated rings. The Morgan fingerprint density at radius 3 is 2.41 bits per heavy atom. The summed E-state index contributed by atoms with van der Waals surface area (Å²) in [5, 5.41) is 12.0. The van der Waals surface area contributed by atoms with E-state index >= 15 is 0 Å². The number of benzene rings is 2. The number of carbonyl (C=O) groups excluding carboxylic acids is 1. The number of fused-ring (bicyclic) bond motifs is 4. The van der Waals surface area contributed by atoms with Gasteiger partial charge in [0.15, 0.2) is 0 Å². The van der Waals surface area contributed by atoms with Gasteiger partial charge in [0.25, 0.3) is 0 Å². The van der Waals surface area contributed by atoms with Crippen molar-refractivity contribution < 1.29 is 4.79 Å². The first-order valence-corrected chi connectivity index (χ1v) is 10.7. The first-order valence-electron chi connectivity index (χ1n) is 9.79. The zero-order chi connectivity index (χ0) is 20.0. The summed E-state index contributed by atoms with van der Waals surface area (Å²) in [5.74, 6) is -0.00131. The Kier molecular flexibility index (Phi) is 4.37. The Labute approximate surface area is 173 Å². The van der Waals surface area contributed by atoms with E-state index < -0.39 is 0 Å². The lowest BCUT2D eigenvalue weighted by Gasteiger charge is -2.14. The smallest absolute Gasteiger partial charge is 0.244 e. The predicted octanol–water partition coefficient (Wildman–Crippen LogP) is 5.37. The second-order valence-electron chi connectivity index (χ2n) is 7.38. The molecule has 2 aromatic carbocycles. The molecular formula is C24H19N3OS. The Morgan fingerprint density at radius 2 is 1.76 bits per heavy atom. The summed E-state index contributed by atoms with van der Waals surface area (Å²) in [6.45, 7) is 1.90. The molecule has 0 spiro atoms. The fourth-order valence-electron chi connectivity index (χ4n) is 4.18. The van der Waals surface area contributed by atoms with Crippen LogP contribution < -0.4 is 0 Å². The molecule has 4 aromatic rings. The largest absolute Gasteiger partial charge is 0.279 e. The number of thioether (sulfide) groups is 1. The maximum atomic E-state index is 13.5. The van der Waals surface area contributed by atoms with Crippen LogP contribution in [0, 0.1) is 11.3 Å². The van der Waals surface area contributed by atoms with E-state index in [0.29, 0.717) is 10.6 Å². The molecule has 0 bridgehead atoms. The first kappa shape index (κ1) is 18.0. The summed E-state index contributed by atoms with van der Waals surface area (Å²) in [6.07, 6.45) is 3.01. The van der Waals surface area contributed by atoms with Crippen LogP contribution in [0.1, 0.15) is 35.0 Å². The molecule has 0 aliphatic heterocycles. The third-order valence-corrected chi connectivity index (χ3v) is 6.66. The van der Waals surface area contributed by atoms with Gasteiger partial charge in [0.1, 0.15) is 11.1 Å². The Hall–Kier alpha value is -3.10. The molecular weight excluding hydrogens is 378 g/mol. The lowest BCUT2D eigenvalue weighted by atomic mass is 10.2. The Balaban J connectivity index is 1.56. The predicted molar refractivity (Wildman–Crippen MR) is 116 cm³/mol. The van der Waals surface area contributed by atoms with E-state index in [2.05, 4.69) is 18.2 Å². The van der Waals surface area contributed by atoms with Crippen LogP contribution in [0.5, 0.6) is 0 Å². The van der Waals surface area contributed by atoms with Crippen molar-refractivity contribution in [1.82, 2.24) is 9.55 Å². The van der Waals surface area contributed by atoms with Crippen LogP contribution in [0.2, 0.25) is 0 Å². The SMILES string of the molecule is CC(Sc1nc2c(cc1C#N)CCC2)C(=O)n1c2ccccc2c2ccccc21. The van der Waals surface area contributed by atoms with Gasteiger partial charge in [0.2, 0.25) is 5.91 Å². The van der Waals surface area contributed by atoms with Crippen LogP contribution in [0.3, 0.4) is 0 Å². The number of nitriles is 1. The number of nitrogens with zero attached hydrogens (tertiary/aromatic N) is 3. The van der Waals surface area contributed by atoms with E-state index in [9.17, 15) is 10.1 Å². The van der Waals surface area contributed by atoms with Crippen molar-refractivity contribution in [2.45, 2.75) is 36.5 Å². The van der Waals surface area contributed by atoms with Crippen molar-refractivity contribution in [1.29, 1.82) is 5.26 Å². The standard InChI is InChI=1S/C24H19N3OS/c1-15(29-23-17(14-25)13-16-7-6-10-20(16)26-23)24(28)27-21-11-4-2-8-18(21)19-9-3-5-12-22(19)27/h2-5,8-9,11-13,15H,6-7,10H2,1H3. The molecule has 4 nitrogen and oxygen atoms in total. The summed E-state index contributed by atoms with van der Waals surface area (Å²) >= 11 is 1.38. The van der Waals surface area contributed by atoms with Gasteiger partial charge in [-0.05, 0) is 49.9 Å². The normalized spacial score (nSPS) is 14.1. The van der Waals surface area contributed by atoms with Crippen molar-refractivity contribution >= 4 is 39.5 Å². The lowest BCUT2D eigenvalue weighted by molar-refractivity contribution is 0.0925. The molecule has 0 amide bonds. The minimum atomic E-state index is -0.367. The fraction of sp³-hybridized carbons (Fsp3) is 0.208. The monoisotopic (exact) mass is 397 g/mol. The van der Waals surface area contributed by atoms with Gasteiger partial charge in [-0.25, -0.2) is 4.98 Å². The Morgan fingerprint density at radius 1 is 1.10 bits per heavy atom. The lowest BCUT2D eigenvalue weighted by Crippen LogP contribution is -2.21. The number of aryl methyl sites for hydroxylation is 2.